The summed E-state index contributed by atoms with van der Waals surface area (Å²) >= 11 is 5.71. The van der Waals surface area contributed by atoms with E-state index in [0.717, 1.165) is 11.6 Å². The van der Waals surface area contributed by atoms with E-state index in [4.69, 9.17) is 11.6 Å². The van der Waals surface area contributed by atoms with Crippen molar-refractivity contribution in [1.82, 2.24) is 0 Å². The first-order chi connectivity index (χ1) is 10.4. The second kappa shape index (κ2) is 6.55. The van der Waals surface area contributed by atoms with Gasteiger partial charge in [-0.2, -0.15) is 0 Å². The maximum atomic E-state index is 12.1. The third-order valence-electron chi connectivity index (χ3n) is 3.06. The van der Waals surface area contributed by atoms with Crippen LogP contribution in [0.15, 0.2) is 42.5 Å². The number of benzene rings is 2. The molecule has 0 aliphatic carbocycles. The molecule has 2 aromatic carbocycles. The van der Waals surface area contributed by atoms with E-state index in [1.54, 1.807) is 31.2 Å². The molecule has 2 aromatic rings. The molecule has 0 aliphatic heterocycles. The fraction of sp³-hybridized carbons (Fsp3) is 0.133. The van der Waals surface area contributed by atoms with Crippen molar-refractivity contribution in [1.29, 1.82) is 0 Å². The Morgan fingerprint density at radius 1 is 1.27 bits per heavy atom. The van der Waals surface area contributed by atoms with Crippen molar-refractivity contribution in [3.63, 3.8) is 0 Å². The third-order valence-corrected chi connectivity index (χ3v) is 3.38. The number of nitro groups is 1. The summed E-state index contributed by atoms with van der Waals surface area (Å²) in [4.78, 5) is 22.3. The van der Waals surface area contributed by atoms with Gasteiger partial charge in [0.15, 0.2) is 0 Å². The van der Waals surface area contributed by atoms with Crippen molar-refractivity contribution in [3.8, 4) is 0 Å². The fourth-order valence-corrected chi connectivity index (χ4v) is 2.03. The number of hydrogen-bond acceptors (Lipinski definition) is 4. The van der Waals surface area contributed by atoms with E-state index >= 15 is 0 Å². The average molecular weight is 321 g/mol. The van der Waals surface area contributed by atoms with Crippen LogP contribution in [-0.2, 0) is 0 Å². The molecule has 114 valence electrons. The number of nitro benzene ring substituents is 1. The Morgan fingerprint density at radius 2 is 1.91 bits per heavy atom. The van der Waals surface area contributed by atoms with E-state index in [0.29, 0.717) is 5.69 Å². The van der Waals surface area contributed by atoms with Gasteiger partial charge in [0.2, 0.25) is 0 Å². The zero-order valence-electron chi connectivity index (χ0n) is 11.6. The van der Waals surface area contributed by atoms with Crippen LogP contribution in [0.5, 0.6) is 0 Å². The van der Waals surface area contributed by atoms with Crippen LogP contribution in [0, 0.1) is 10.1 Å². The molecule has 0 fully saturated rings. The number of nitrogens with zero attached hydrogens (tertiary/aromatic N) is 1. The monoisotopic (exact) mass is 320 g/mol. The largest absolute Gasteiger partial charge is 0.389 e. The summed E-state index contributed by atoms with van der Waals surface area (Å²) in [6.45, 7) is 1.64. The van der Waals surface area contributed by atoms with Crippen LogP contribution in [0.4, 0.5) is 11.4 Å². The van der Waals surface area contributed by atoms with Crippen molar-refractivity contribution in [2.24, 2.45) is 0 Å². The van der Waals surface area contributed by atoms with E-state index in [9.17, 15) is 20.0 Å². The number of amides is 1. The summed E-state index contributed by atoms with van der Waals surface area (Å²) in [6.07, 6.45) is -0.594. The molecule has 0 saturated heterocycles. The van der Waals surface area contributed by atoms with Crippen LogP contribution in [0.2, 0.25) is 5.02 Å². The molecule has 0 saturated carbocycles. The molecule has 0 heterocycles. The number of nitrogens with one attached hydrogen (secondary N) is 1. The maximum Gasteiger partial charge on any atom is 0.288 e. The van der Waals surface area contributed by atoms with Crippen LogP contribution in [0.1, 0.15) is 28.9 Å². The van der Waals surface area contributed by atoms with Gasteiger partial charge in [-0.1, -0.05) is 23.7 Å². The summed E-state index contributed by atoms with van der Waals surface area (Å²) in [5, 5.41) is 22.8. The van der Waals surface area contributed by atoms with Crippen LogP contribution in [0.25, 0.3) is 0 Å². The van der Waals surface area contributed by atoms with E-state index in [1.807, 2.05) is 0 Å². The molecule has 22 heavy (non-hydrogen) atoms. The summed E-state index contributed by atoms with van der Waals surface area (Å²) in [7, 11) is 0. The molecular weight excluding hydrogens is 308 g/mol. The van der Waals surface area contributed by atoms with E-state index in [2.05, 4.69) is 5.32 Å². The van der Waals surface area contributed by atoms with E-state index < -0.39 is 16.9 Å². The summed E-state index contributed by atoms with van der Waals surface area (Å²) < 4.78 is 0. The smallest absolute Gasteiger partial charge is 0.288 e. The first-order valence-corrected chi connectivity index (χ1v) is 6.79. The minimum atomic E-state index is -0.642. The highest BCUT2D eigenvalue weighted by Crippen LogP contribution is 2.25. The summed E-state index contributed by atoms with van der Waals surface area (Å²) in [6, 6.07) is 10.5. The normalized spacial score (nSPS) is 11.8. The molecule has 1 atom stereocenters. The van der Waals surface area contributed by atoms with Gasteiger partial charge in [-0.05, 0) is 36.8 Å². The Bertz CT molecular complexity index is 714. The molecule has 0 unspecified atom stereocenters. The number of hydrogen-bond donors (Lipinski definition) is 2. The molecule has 0 aromatic heterocycles. The first-order valence-electron chi connectivity index (χ1n) is 6.42. The Morgan fingerprint density at radius 3 is 2.45 bits per heavy atom. The van der Waals surface area contributed by atoms with Crippen LogP contribution >= 0.6 is 11.6 Å². The van der Waals surface area contributed by atoms with Gasteiger partial charge in [0.1, 0.15) is 5.02 Å². The summed E-state index contributed by atoms with van der Waals surface area (Å²) in [5.74, 6) is -0.482. The SMILES string of the molecule is C[C@H](O)c1ccc(NC(=O)c2ccc(Cl)c([N+](=O)[O-])c2)cc1. The molecule has 2 N–H and O–H groups in total. The van der Waals surface area contributed by atoms with Crippen LogP contribution < -0.4 is 5.32 Å². The topological polar surface area (TPSA) is 92.5 Å². The van der Waals surface area contributed by atoms with Gasteiger partial charge in [0, 0.05) is 17.3 Å². The number of rotatable bonds is 4. The molecule has 0 radical (unpaired) electrons. The molecule has 6 nitrogen and oxygen atoms in total. The van der Waals surface area contributed by atoms with Gasteiger partial charge < -0.3 is 10.4 Å². The number of carbonyl (C=O) groups excluding carboxylic acids is 1. The molecular formula is C15H13ClN2O4. The quantitative estimate of drug-likeness (QED) is 0.665. The Hall–Kier alpha value is -2.44. The zero-order chi connectivity index (χ0) is 16.3. The predicted octanol–water partition coefficient (Wildman–Crippen LogP) is 3.55. The summed E-state index contributed by atoms with van der Waals surface area (Å²) in [5.41, 5.74) is 1.06. The number of carbonyl (C=O) groups is 1. The Balaban J connectivity index is 2.18. The highest BCUT2D eigenvalue weighted by Gasteiger charge is 2.16. The minimum absolute atomic E-state index is 0.0252. The second-order valence-electron chi connectivity index (χ2n) is 4.68. The average Bonchev–Trinajstić information content (AvgIpc) is 2.47. The van der Waals surface area contributed by atoms with E-state index in [-0.39, 0.29) is 16.3 Å². The van der Waals surface area contributed by atoms with Gasteiger partial charge in [-0.3, -0.25) is 14.9 Å². The van der Waals surface area contributed by atoms with Crippen molar-refractivity contribution in [2.75, 3.05) is 5.32 Å². The molecule has 0 spiro atoms. The van der Waals surface area contributed by atoms with Gasteiger partial charge in [0.25, 0.3) is 11.6 Å². The van der Waals surface area contributed by atoms with Gasteiger partial charge in [-0.15, -0.1) is 0 Å². The van der Waals surface area contributed by atoms with Crippen LogP contribution in [-0.4, -0.2) is 15.9 Å². The maximum absolute atomic E-state index is 12.1. The highest BCUT2D eigenvalue weighted by molar-refractivity contribution is 6.32. The lowest BCUT2D eigenvalue weighted by molar-refractivity contribution is -0.384. The number of aliphatic hydroxyl groups excluding tert-OH is 1. The van der Waals surface area contributed by atoms with Crippen molar-refractivity contribution in [3.05, 3.63) is 68.7 Å². The molecule has 7 heteroatoms. The highest BCUT2D eigenvalue weighted by atomic mass is 35.5. The lowest BCUT2D eigenvalue weighted by Gasteiger charge is -2.08. The van der Waals surface area contributed by atoms with Gasteiger partial charge in [0.05, 0.1) is 11.0 Å². The Labute approximate surface area is 131 Å². The number of aliphatic hydroxyl groups is 1. The minimum Gasteiger partial charge on any atom is -0.389 e. The number of halogens is 1. The number of anilines is 1. The third kappa shape index (κ3) is 3.60. The fourth-order valence-electron chi connectivity index (χ4n) is 1.84. The molecule has 0 bridgehead atoms. The lowest BCUT2D eigenvalue weighted by atomic mass is 10.1. The molecule has 0 aliphatic rings. The Kier molecular flexibility index (Phi) is 4.75. The zero-order valence-corrected chi connectivity index (χ0v) is 12.4. The first kappa shape index (κ1) is 15.9. The van der Waals surface area contributed by atoms with Crippen molar-refractivity contribution >= 4 is 28.9 Å². The predicted molar refractivity (Wildman–Crippen MR) is 83.1 cm³/mol. The molecule has 2 rings (SSSR count). The van der Waals surface area contributed by atoms with Gasteiger partial charge in [-0.25, -0.2) is 0 Å². The molecule has 1 amide bonds. The standard InChI is InChI=1S/C15H13ClN2O4/c1-9(19)10-2-5-12(6-3-10)17-15(20)11-4-7-13(16)14(8-11)18(21)22/h2-9,19H,1H3,(H,17,20)/t9-/m0/s1. The van der Waals surface area contributed by atoms with Crippen molar-refractivity contribution in [2.45, 2.75) is 13.0 Å². The van der Waals surface area contributed by atoms with Gasteiger partial charge >= 0.3 is 0 Å². The van der Waals surface area contributed by atoms with E-state index in [1.165, 1.54) is 12.1 Å². The second-order valence-corrected chi connectivity index (χ2v) is 5.08. The lowest BCUT2D eigenvalue weighted by Crippen LogP contribution is -2.12. The van der Waals surface area contributed by atoms with Crippen molar-refractivity contribution < 1.29 is 14.8 Å². The van der Waals surface area contributed by atoms with Crippen LogP contribution in [0.3, 0.4) is 0 Å².